The summed E-state index contributed by atoms with van der Waals surface area (Å²) in [6.07, 6.45) is 0.432. The summed E-state index contributed by atoms with van der Waals surface area (Å²) < 4.78 is 15.0. The second kappa shape index (κ2) is 6.39. The molecular formula is C19H14ClFN2O2S. The molecule has 4 N–H and O–H groups in total. The molecule has 132 valence electrons. The number of nitrogens with one attached hydrogen (secondary N) is 1. The summed E-state index contributed by atoms with van der Waals surface area (Å²) in [7, 11) is 0. The van der Waals surface area contributed by atoms with Crippen LogP contribution in [0.3, 0.4) is 0 Å². The van der Waals surface area contributed by atoms with Crippen molar-refractivity contribution in [2.75, 3.05) is 6.54 Å². The number of aromatic hydroxyl groups is 1. The third-order valence-corrected chi connectivity index (χ3v) is 5.60. The molecule has 0 saturated carbocycles. The Bertz CT molecular complexity index is 1220. The molecule has 2 heterocycles. The van der Waals surface area contributed by atoms with E-state index < -0.39 is 0 Å². The zero-order valence-electron chi connectivity index (χ0n) is 13.5. The van der Waals surface area contributed by atoms with E-state index in [1.807, 2.05) is 0 Å². The van der Waals surface area contributed by atoms with Crippen LogP contribution in [0.2, 0.25) is 5.02 Å². The Morgan fingerprint density at radius 2 is 2.08 bits per heavy atom. The highest BCUT2D eigenvalue weighted by Crippen LogP contribution is 2.42. The number of hydrogen-bond acceptors (Lipinski definition) is 4. The summed E-state index contributed by atoms with van der Waals surface area (Å²) in [5, 5.41) is 13.9. The van der Waals surface area contributed by atoms with E-state index in [0.717, 1.165) is 0 Å². The lowest BCUT2D eigenvalue weighted by molar-refractivity contribution is 0.478. The van der Waals surface area contributed by atoms with Crippen LogP contribution in [0.5, 0.6) is 5.75 Å². The third kappa shape index (κ3) is 2.58. The van der Waals surface area contributed by atoms with E-state index in [1.54, 1.807) is 23.6 Å². The maximum atomic E-state index is 14.4. The molecule has 0 aliphatic heterocycles. The fourth-order valence-electron chi connectivity index (χ4n) is 3.23. The minimum atomic E-state index is -0.388. The van der Waals surface area contributed by atoms with Gasteiger partial charge in [0.1, 0.15) is 16.3 Å². The summed E-state index contributed by atoms with van der Waals surface area (Å²) in [4.78, 5) is 15.0. The Labute approximate surface area is 156 Å². The van der Waals surface area contributed by atoms with Crippen molar-refractivity contribution in [1.82, 2.24) is 4.98 Å². The van der Waals surface area contributed by atoms with Gasteiger partial charge >= 0.3 is 0 Å². The molecule has 4 rings (SSSR count). The van der Waals surface area contributed by atoms with Crippen molar-refractivity contribution in [1.29, 1.82) is 0 Å². The maximum absolute atomic E-state index is 14.4. The Morgan fingerprint density at radius 1 is 1.27 bits per heavy atom. The van der Waals surface area contributed by atoms with E-state index in [1.165, 1.54) is 23.5 Å². The molecule has 2 aromatic carbocycles. The number of hydrogen-bond donors (Lipinski definition) is 3. The predicted molar refractivity (Wildman–Crippen MR) is 105 cm³/mol. The highest BCUT2D eigenvalue weighted by molar-refractivity contribution is 7.17. The van der Waals surface area contributed by atoms with Crippen LogP contribution in [-0.4, -0.2) is 16.6 Å². The van der Waals surface area contributed by atoms with Crippen molar-refractivity contribution in [3.8, 4) is 16.9 Å². The van der Waals surface area contributed by atoms with Crippen LogP contribution in [0.15, 0.2) is 40.5 Å². The van der Waals surface area contributed by atoms with Gasteiger partial charge in [-0.2, -0.15) is 0 Å². The van der Waals surface area contributed by atoms with E-state index in [2.05, 4.69) is 4.98 Å². The minimum Gasteiger partial charge on any atom is -0.507 e. The van der Waals surface area contributed by atoms with Gasteiger partial charge in [0.15, 0.2) is 0 Å². The largest absolute Gasteiger partial charge is 0.507 e. The number of H-pyrrole nitrogens is 1. The van der Waals surface area contributed by atoms with Crippen molar-refractivity contribution in [3.05, 3.63) is 62.5 Å². The molecule has 0 saturated heterocycles. The normalized spacial score (nSPS) is 11.5. The molecule has 26 heavy (non-hydrogen) atoms. The first-order valence-corrected chi connectivity index (χ1v) is 9.20. The summed E-state index contributed by atoms with van der Waals surface area (Å²) in [6.45, 7) is 0.349. The standard InChI is InChI=1S/C19H14ClFN2O2S/c20-12-8-14(24)15(10-2-1-9(3-5-22)13(21)7-10)16-11-4-6-26-18(11)19(25)23-17(12)16/h1-2,4,6-8,24H,3,5,22H2,(H,23,25). The number of aromatic amines is 1. The Morgan fingerprint density at radius 3 is 2.81 bits per heavy atom. The quantitative estimate of drug-likeness (QED) is 0.486. The molecule has 4 nitrogen and oxygen atoms in total. The number of halogens is 2. The number of rotatable bonds is 3. The van der Waals surface area contributed by atoms with Crippen LogP contribution in [0.4, 0.5) is 4.39 Å². The molecule has 0 amide bonds. The zero-order valence-corrected chi connectivity index (χ0v) is 15.0. The molecule has 0 aliphatic rings. The topological polar surface area (TPSA) is 79.1 Å². The lowest BCUT2D eigenvalue weighted by Gasteiger charge is -2.13. The highest BCUT2D eigenvalue weighted by atomic mass is 35.5. The van der Waals surface area contributed by atoms with E-state index >= 15 is 0 Å². The third-order valence-electron chi connectivity index (χ3n) is 4.39. The fourth-order valence-corrected chi connectivity index (χ4v) is 4.27. The van der Waals surface area contributed by atoms with Crippen molar-refractivity contribution in [2.24, 2.45) is 5.73 Å². The number of pyridine rings is 1. The van der Waals surface area contributed by atoms with Crippen LogP contribution in [0, 0.1) is 5.82 Å². The van der Waals surface area contributed by atoms with Gasteiger partial charge in [-0.05, 0) is 41.6 Å². The molecule has 0 spiro atoms. The SMILES string of the molecule is NCCc1ccc(-c2c(O)cc(Cl)c3[nH]c(=O)c4sccc4c23)cc1F. The van der Waals surface area contributed by atoms with E-state index in [4.69, 9.17) is 17.3 Å². The molecule has 0 unspecified atom stereocenters. The molecule has 2 aromatic heterocycles. The van der Waals surface area contributed by atoms with Crippen molar-refractivity contribution in [3.63, 3.8) is 0 Å². The number of aromatic nitrogens is 1. The van der Waals surface area contributed by atoms with Crippen molar-refractivity contribution >= 4 is 43.9 Å². The monoisotopic (exact) mass is 388 g/mol. The summed E-state index contributed by atoms with van der Waals surface area (Å²) in [5.74, 6) is -0.463. The second-order valence-corrected chi connectivity index (χ2v) is 7.29. The number of fused-ring (bicyclic) bond motifs is 3. The average Bonchev–Trinajstić information content (AvgIpc) is 3.09. The van der Waals surface area contributed by atoms with Gasteiger partial charge in [0.25, 0.3) is 5.56 Å². The van der Waals surface area contributed by atoms with Gasteiger partial charge < -0.3 is 15.8 Å². The van der Waals surface area contributed by atoms with Crippen LogP contribution >= 0.6 is 22.9 Å². The second-order valence-electron chi connectivity index (χ2n) is 5.96. The first-order chi connectivity index (χ1) is 12.5. The van der Waals surface area contributed by atoms with Gasteiger partial charge in [-0.3, -0.25) is 4.79 Å². The Balaban J connectivity index is 2.11. The molecule has 0 aliphatic carbocycles. The lowest BCUT2D eigenvalue weighted by Crippen LogP contribution is -2.06. The molecule has 0 radical (unpaired) electrons. The van der Waals surface area contributed by atoms with Crippen molar-refractivity contribution in [2.45, 2.75) is 6.42 Å². The smallest absolute Gasteiger partial charge is 0.266 e. The number of thiophene rings is 1. The number of phenols is 1. The number of nitrogens with two attached hydrogens (primary N) is 1. The fraction of sp³-hybridized carbons (Fsp3) is 0.105. The number of benzene rings is 2. The predicted octanol–water partition coefficient (Wildman–Crippen LogP) is 4.41. The van der Waals surface area contributed by atoms with Crippen LogP contribution in [-0.2, 0) is 6.42 Å². The lowest BCUT2D eigenvalue weighted by atomic mass is 9.96. The summed E-state index contributed by atoms with van der Waals surface area (Å²) in [6, 6.07) is 7.93. The molecule has 0 fully saturated rings. The van der Waals surface area contributed by atoms with Crippen LogP contribution in [0.25, 0.3) is 32.1 Å². The van der Waals surface area contributed by atoms with E-state index in [9.17, 15) is 14.3 Å². The Kier molecular flexibility index (Phi) is 4.19. The van der Waals surface area contributed by atoms with E-state index in [0.29, 0.717) is 50.6 Å². The zero-order chi connectivity index (χ0) is 18.4. The Hall–Kier alpha value is -2.41. The maximum Gasteiger partial charge on any atom is 0.266 e. The van der Waals surface area contributed by atoms with Crippen LogP contribution < -0.4 is 11.3 Å². The first kappa shape index (κ1) is 17.0. The molecular weight excluding hydrogens is 375 g/mol. The van der Waals surface area contributed by atoms with Gasteiger partial charge in [0, 0.05) is 22.4 Å². The van der Waals surface area contributed by atoms with Gasteiger partial charge in [-0.1, -0.05) is 23.7 Å². The average molecular weight is 389 g/mol. The summed E-state index contributed by atoms with van der Waals surface area (Å²) >= 11 is 7.54. The van der Waals surface area contributed by atoms with Crippen molar-refractivity contribution < 1.29 is 9.50 Å². The van der Waals surface area contributed by atoms with Crippen LogP contribution in [0.1, 0.15) is 5.56 Å². The van der Waals surface area contributed by atoms with Gasteiger partial charge in [-0.15, -0.1) is 11.3 Å². The summed E-state index contributed by atoms with van der Waals surface area (Å²) in [5.41, 5.74) is 7.13. The van der Waals surface area contributed by atoms with E-state index in [-0.39, 0.29) is 22.1 Å². The van der Waals surface area contributed by atoms with Gasteiger partial charge in [-0.25, -0.2) is 4.39 Å². The van der Waals surface area contributed by atoms with Gasteiger partial charge in [0.05, 0.1) is 10.5 Å². The number of phenolic OH excluding ortho intramolecular Hbond substituents is 1. The first-order valence-electron chi connectivity index (χ1n) is 7.94. The highest BCUT2D eigenvalue weighted by Gasteiger charge is 2.19. The minimum absolute atomic E-state index is 0.0759. The molecule has 0 atom stereocenters. The molecule has 0 bridgehead atoms. The molecule has 7 heteroatoms. The molecule has 4 aromatic rings. The van der Waals surface area contributed by atoms with Gasteiger partial charge in [0.2, 0.25) is 0 Å².